The van der Waals surface area contributed by atoms with Gasteiger partial charge in [-0.05, 0) is 47.5 Å². The summed E-state index contributed by atoms with van der Waals surface area (Å²) in [6.45, 7) is 2.07. The number of carbonyl (C=O) groups is 2. The molecule has 0 N–H and O–H groups in total. The highest BCUT2D eigenvalue weighted by molar-refractivity contribution is 9.10. The van der Waals surface area contributed by atoms with Crippen molar-refractivity contribution >= 4 is 27.5 Å². The lowest BCUT2D eigenvalue weighted by molar-refractivity contribution is -0.484. The molecule has 1 atom stereocenters. The minimum atomic E-state index is -1.02. The Morgan fingerprint density at radius 2 is 1.90 bits per heavy atom. The first-order valence-corrected chi connectivity index (χ1v) is 7.03. The van der Waals surface area contributed by atoms with Gasteiger partial charge in [0.2, 0.25) is 6.54 Å². The van der Waals surface area contributed by atoms with Crippen molar-refractivity contribution in [2.24, 2.45) is 5.92 Å². The van der Waals surface area contributed by atoms with Gasteiger partial charge in [0, 0.05) is 4.92 Å². The van der Waals surface area contributed by atoms with Gasteiger partial charge >= 0.3 is 0 Å². The van der Waals surface area contributed by atoms with Crippen molar-refractivity contribution in [1.82, 2.24) is 0 Å². The van der Waals surface area contributed by atoms with Gasteiger partial charge in [-0.15, -0.1) is 0 Å². The first kappa shape index (κ1) is 17.3. The molecule has 0 amide bonds. The summed E-state index contributed by atoms with van der Waals surface area (Å²) in [5, 5.41) is 10.9. The van der Waals surface area contributed by atoms with E-state index in [1.165, 1.54) is 21.0 Å². The van der Waals surface area contributed by atoms with Crippen LogP contribution in [-0.4, -0.2) is 30.1 Å². The zero-order valence-electron chi connectivity index (χ0n) is 12.0. The summed E-state index contributed by atoms with van der Waals surface area (Å²) >= 11 is 3.30. The lowest BCUT2D eigenvalue weighted by Gasteiger charge is -2.21. The number of nitrogens with zero attached hydrogens (tertiary/aromatic N) is 1. The van der Waals surface area contributed by atoms with E-state index >= 15 is 0 Å². The molecule has 7 heteroatoms. The molecule has 0 spiro atoms. The Kier molecular flexibility index (Phi) is 6.02. The molecule has 0 radical (unpaired) electrons. The standard InChI is InChI=1S/C14H16BrNO5/c1-8(17)14(9(2)18)11(7-16(19)20)10-4-5-13(21-3)12(15)6-10/h4-6,11,14H,7H2,1-3H3/t11-/m0/s1. The Labute approximate surface area is 130 Å². The highest BCUT2D eigenvalue weighted by Gasteiger charge is 2.34. The Morgan fingerprint density at radius 3 is 2.29 bits per heavy atom. The average Bonchev–Trinajstić information content (AvgIpc) is 2.36. The quantitative estimate of drug-likeness (QED) is 0.425. The fraction of sp³-hybridized carbons (Fsp3) is 0.429. The third-order valence-electron chi connectivity index (χ3n) is 3.23. The first-order chi connectivity index (χ1) is 9.77. The Bertz CT molecular complexity index is 558. The largest absolute Gasteiger partial charge is 0.496 e. The topological polar surface area (TPSA) is 86.5 Å². The van der Waals surface area contributed by atoms with Crippen molar-refractivity contribution in [1.29, 1.82) is 0 Å². The predicted octanol–water partition coefficient (Wildman–Crippen LogP) is 2.61. The van der Waals surface area contributed by atoms with E-state index < -0.39 is 23.3 Å². The van der Waals surface area contributed by atoms with Crippen LogP contribution in [0.1, 0.15) is 25.3 Å². The number of benzene rings is 1. The van der Waals surface area contributed by atoms with Gasteiger partial charge in [0.05, 0.1) is 23.4 Å². The maximum absolute atomic E-state index is 11.7. The molecule has 1 aromatic carbocycles. The van der Waals surface area contributed by atoms with E-state index in [9.17, 15) is 19.7 Å². The average molecular weight is 358 g/mol. The van der Waals surface area contributed by atoms with Gasteiger partial charge in [0.25, 0.3) is 0 Å². The number of Topliss-reactive ketones (excluding diaryl/α,β-unsaturated/α-hetero) is 2. The van der Waals surface area contributed by atoms with E-state index in [0.717, 1.165) is 0 Å². The minimum Gasteiger partial charge on any atom is -0.496 e. The fourth-order valence-corrected chi connectivity index (χ4v) is 2.89. The van der Waals surface area contributed by atoms with E-state index in [0.29, 0.717) is 15.8 Å². The predicted molar refractivity (Wildman–Crippen MR) is 80.1 cm³/mol. The molecule has 0 heterocycles. The highest BCUT2D eigenvalue weighted by atomic mass is 79.9. The molecule has 6 nitrogen and oxygen atoms in total. The Balaban J connectivity index is 3.30. The summed E-state index contributed by atoms with van der Waals surface area (Å²) in [7, 11) is 1.50. The van der Waals surface area contributed by atoms with Crippen LogP contribution in [-0.2, 0) is 9.59 Å². The zero-order chi connectivity index (χ0) is 16.2. The van der Waals surface area contributed by atoms with E-state index in [1.807, 2.05) is 0 Å². The molecular weight excluding hydrogens is 342 g/mol. The van der Waals surface area contributed by atoms with Gasteiger partial charge in [0.1, 0.15) is 17.3 Å². The third kappa shape index (κ3) is 4.35. The molecule has 0 saturated heterocycles. The number of hydrogen-bond acceptors (Lipinski definition) is 5. The minimum absolute atomic E-state index is 0.374. The van der Waals surface area contributed by atoms with Crippen LogP contribution in [0.4, 0.5) is 0 Å². The van der Waals surface area contributed by atoms with E-state index in [2.05, 4.69) is 15.9 Å². The molecule has 0 fully saturated rings. The second-order valence-corrected chi connectivity index (χ2v) is 5.57. The number of rotatable bonds is 7. The van der Waals surface area contributed by atoms with Crippen molar-refractivity contribution in [2.75, 3.05) is 13.7 Å². The number of nitro groups is 1. The number of ether oxygens (including phenoxy) is 1. The summed E-state index contributed by atoms with van der Waals surface area (Å²) < 4.78 is 5.71. The molecular formula is C14H16BrNO5. The van der Waals surface area contributed by atoms with E-state index in [-0.39, 0.29) is 11.6 Å². The fourth-order valence-electron chi connectivity index (χ4n) is 2.33. The molecule has 0 aliphatic rings. The molecule has 0 aliphatic heterocycles. The van der Waals surface area contributed by atoms with Crippen LogP contribution >= 0.6 is 15.9 Å². The summed E-state index contributed by atoms with van der Waals surface area (Å²) in [4.78, 5) is 33.8. The zero-order valence-corrected chi connectivity index (χ0v) is 13.5. The van der Waals surface area contributed by atoms with Crippen molar-refractivity contribution in [2.45, 2.75) is 19.8 Å². The monoisotopic (exact) mass is 357 g/mol. The van der Waals surface area contributed by atoms with Crippen LogP contribution in [0.3, 0.4) is 0 Å². The molecule has 0 bridgehead atoms. The van der Waals surface area contributed by atoms with Crippen LogP contribution in [0, 0.1) is 16.0 Å². The number of carbonyl (C=O) groups excluding carboxylic acids is 2. The normalized spacial score (nSPS) is 12.0. The number of methoxy groups -OCH3 is 1. The molecule has 114 valence electrons. The SMILES string of the molecule is COc1ccc([C@H](C[N+](=O)[O-])C(C(C)=O)C(C)=O)cc1Br. The maximum Gasteiger partial charge on any atom is 0.211 e. The molecule has 0 saturated carbocycles. The molecule has 21 heavy (non-hydrogen) atoms. The number of halogens is 1. The lowest BCUT2D eigenvalue weighted by atomic mass is 9.81. The molecule has 0 aliphatic carbocycles. The summed E-state index contributed by atoms with van der Waals surface area (Å²) in [5.74, 6) is -1.99. The highest BCUT2D eigenvalue weighted by Crippen LogP contribution is 2.33. The molecule has 0 aromatic heterocycles. The maximum atomic E-state index is 11.7. The van der Waals surface area contributed by atoms with Gasteiger partial charge in [0.15, 0.2) is 0 Å². The van der Waals surface area contributed by atoms with Crippen LogP contribution in [0.15, 0.2) is 22.7 Å². The van der Waals surface area contributed by atoms with Gasteiger partial charge in [-0.1, -0.05) is 6.07 Å². The first-order valence-electron chi connectivity index (χ1n) is 6.24. The van der Waals surface area contributed by atoms with Crippen LogP contribution < -0.4 is 4.74 Å². The van der Waals surface area contributed by atoms with E-state index in [4.69, 9.17) is 4.74 Å². The lowest BCUT2D eigenvalue weighted by Crippen LogP contribution is -2.31. The number of ketones is 2. The van der Waals surface area contributed by atoms with Crippen LogP contribution in [0.25, 0.3) is 0 Å². The van der Waals surface area contributed by atoms with Crippen molar-refractivity contribution in [3.63, 3.8) is 0 Å². The molecule has 0 unspecified atom stereocenters. The summed E-state index contributed by atoms with van der Waals surface area (Å²) in [6, 6.07) is 4.92. The van der Waals surface area contributed by atoms with Gasteiger partial charge in [-0.2, -0.15) is 0 Å². The van der Waals surface area contributed by atoms with Crippen molar-refractivity contribution < 1.29 is 19.2 Å². The smallest absolute Gasteiger partial charge is 0.211 e. The van der Waals surface area contributed by atoms with Gasteiger partial charge < -0.3 is 4.74 Å². The van der Waals surface area contributed by atoms with Crippen LogP contribution in [0.5, 0.6) is 5.75 Å². The third-order valence-corrected chi connectivity index (χ3v) is 3.85. The summed E-state index contributed by atoms with van der Waals surface area (Å²) in [5.41, 5.74) is 0.551. The Hall–Kier alpha value is -1.76. The van der Waals surface area contributed by atoms with E-state index in [1.54, 1.807) is 18.2 Å². The second-order valence-electron chi connectivity index (χ2n) is 4.71. The van der Waals surface area contributed by atoms with Crippen LogP contribution in [0.2, 0.25) is 0 Å². The molecule has 1 rings (SSSR count). The number of hydrogen-bond donors (Lipinski definition) is 0. The summed E-state index contributed by atoms with van der Waals surface area (Å²) in [6.07, 6.45) is 0. The second kappa shape index (κ2) is 7.31. The molecule has 1 aromatic rings. The van der Waals surface area contributed by atoms with Gasteiger partial charge in [-0.25, -0.2) is 0 Å². The van der Waals surface area contributed by atoms with Crippen molar-refractivity contribution in [3.05, 3.63) is 38.3 Å². The van der Waals surface area contributed by atoms with Gasteiger partial charge in [-0.3, -0.25) is 19.7 Å². The Morgan fingerprint density at radius 1 is 1.33 bits per heavy atom. The van der Waals surface area contributed by atoms with Crippen molar-refractivity contribution in [3.8, 4) is 5.75 Å².